The van der Waals surface area contributed by atoms with Crippen LogP contribution < -0.4 is 5.32 Å². The molecule has 1 rings (SSSR count). The number of carbonyl (C=O) groups is 1. The Hall–Kier alpha value is -0.610. The van der Waals surface area contributed by atoms with Gasteiger partial charge in [-0.15, -0.1) is 0 Å². The summed E-state index contributed by atoms with van der Waals surface area (Å²) in [5, 5.41) is 3.28. The maximum atomic E-state index is 11.5. The van der Waals surface area contributed by atoms with Crippen molar-refractivity contribution in [3.63, 3.8) is 0 Å². The summed E-state index contributed by atoms with van der Waals surface area (Å²) in [6, 6.07) is 0.222. The zero-order valence-corrected chi connectivity index (χ0v) is 9.25. The highest BCUT2D eigenvalue weighted by molar-refractivity contribution is 5.80. The van der Waals surface area contributed by atoms with E-state index in [1.54, 1.807) is 19.0 Å². The Morgan fingerprint density at radius 1 is 1.57 bits per heavy atom. The van der Waals surface area contributed by atoms with Gasteiger partial charge in [0.1, 0.15) is 0 Å². The van der Waals surface area contributed by atoms with Crippen LogP contribution in [0.25, 0.3) is 0 Å². The minimum absolute atomic E-state index is 0.114. The molecule has 0 aromatic rings. The Kier molecular flexibility index (Phi) is 4.35. The van der Waals surface area contributed by atoms with Gasteiger partial charge in [0.2, 0.25) is 5.91 Å². The maximum Gasteiger partial charge on any atom is 0.238 e. The topological polar surface area (TPSA) is 41.6 Å². The largest absolute Gasteiger partial charge is 0.380 e. The van der Waals surface area contributed by atoms with E-state index in [0.29, 0.717) is 6.04 Å². The van der Waals surface area contributed by atoms with Crippen molar-refractivity contribution < 1.29 is 9.53 Å². The number of nitrogens with one attached hydrogen (secondary N) is 1. The number of rotatable bonds is 3. The van der Waals surface area contributed by atoms with Crippen molar-refractivity contribution in [3.8, 4) is 0 Å². The predicted octanol–water partition coefficient (Wildman–Crippen LogP) is 0.232. The van der Waals surface area contributed by atoms with Gasteiger partial charge in [-0.2, -0.15) is 0 Å². The van der Waals surface area contributed by atoms with Gasteiger partial charge in [0.15, 0.2) is 0 Å². The fourth-order valence-electron chi connectivity index (χ4n) is 1.68. The third-order valence-electron chi connectivity index (χ3n) is 2.46. The summed E-state index contributed by atoms with van der Waals surface area (Å²) in [5.41, 5.74) is 0. The third kappa shape index (κ3) is 3.27. The zero-order chi connectivity index (χ0) is 10.6. The Bertz CT molecular complexity index is 189. The molecule has 0 aliphatic carbocycles. The molecule has 0 aromatic heterocycles. The summed E-state index contributed by atoms with van der Waals surface area (Å²) in [4.78, 5) is 13.2. The van der Waals surface area contributed by atoms with E-state index in [1.807, 2.05) is 6.92 Å². The Morgan fingerprint density at radius 3 is 2.79 bits per heavy atom. The van der Waals surface area contributed by atoms with E-state index >= 15 is 0 Å². The molecule has 1 saturated heterocycles. The molecule has 2 atom stereocenters. The number of ether oxygens (including phenoxy) is 1. The number of nitrogens with zero attached hydrogens (tertiary/aromatic N) is 1. The van der Waals surface area contributed by atoms with Crippen LogP contribution in [-0.2, 0) is 9.53 Å². The highest BCUT2D eigenvalue weighted by atomic mass is 16.5. The monoisotopic (exact) mass is 200 g/mol. The lowest BCUT2D eigenvalue weighted by molar-refractivity contribution is -0.130. The van der Waals surface area contributed by atoms with Crippen molar-refractivity contribution in [2.45, 2.75) is 31.8 Å². The van der Waals surface area contributed by atoms with Gasteiger partial charge < -0.3 is 15.0 Å². The van der Waals surface area contributed by atoms with Crippen LogP contribution in [0.1, 0.15) is 19.8 Å². The molecule has 0 saturated carbocycles. The molecule has 14 heavy (non-hydrogen) atoms. The average molecular weight is 200 g/mol. The van der Waals surface area contributed by atoms with Gasteiger partial charge in [-0.1, -0.05) is 0 Å². The van der Waals surface area contributed by atoms with Crippen molar-refractivity contribution in [2.24, 2.45) is 0 Å². The van der Waals surface area contributed by atoms with Crippen LogP contribution in [0, 0.1) is 0 Å². The Labute approximate surface area is 85.6 Å². The van der Waals surface area contributed by atoms with E-state index in [0.717, 1.165) is 26.1 Å². The Balaban J connectivity index is 2.31. The molecule has 4 heteroatoms. The van der Waals surface area contributed by atoms with Gasteiger partial charge in [0.05, 0.1) is 12.6 Å². The third-order valence-corrected chi connectivity index (χ3v) is 2.46. The van der Waals surface area contributed by atoms with Gasteiger partial charge in [-0.05, 0) is 19.8 Å². The van der Waals surface area contributed by atoms with Gasteiger partial charge in [0.25, 0.3) is 0 Å². The lowest BCUT2D eigenvalue weighted by Crippen LogP contribution is -2.48. The number of hydrogen-bond donors (Lipinski definition) is 1. The predicted molar refractivity (Wildman–Crippen MR) is 55.1 cm³/mol. The zero-order valence-electron chi connectivity index (χ0n) is 9.25. The molecule has 0 spiro atoms. The molecule has 2 unspecified atom stereocenters. The van der Waals surface area contributed by atoms with Gasteiger partial charge in [0, 0.05) is 26.7 Å². The van der Waals surface area contributed by atoms with Crippen LogP contribution >= 0.6 is 0 Å². The van der Waals surface area contributed by atoms with Gasteiger partial charge in [-0.3, -0.25) is 4.79 Å². The number of likely N-dealkylation sites (N-methyl/N-ethyl adjacent to an activating group) is 1. The molecule has 0 bridgehead atoms. The van der Waals surface area contributed by atoms with Crippen LogP contribution in [-0.4, -0.2) is 50.2 Å². The van der Waals surface area contributed by atoms with E-state index in [2.05, 4.69) is 5.32 Å². The summed E-state index contributed by atoms with van der Waals surface area (Å²) in [6.07, 6.45) is 2.19. The summed E-state index contributed by atoms with van der Waals surface area (Å²) >= 11 is 0. The average Bonchev–Trinajstić information content (AvgIpc) is 2.18. The second-order valence-corrected chi connectivity index (χ2v) is 4.04. The highest BCUT2D eigenvalue weighted by Crippen LogP contribution is 2.06. The lowest BCUT2D eigenvalue weighted by atomic mass is 10.1. The molecule has 1 aliphatic rings. The van der Waals surface area contributed by atoms with Crippen LogP contribution in [0.4, 0.5) is 0 Å². The van der Waals surface area contributed by atoms with E-state index < -0.39 is 0 Å². The van der Waals surface area contributed by atoms with E-state index in [4.69, 9.17) is 4.74 Å². The minimum atomic E-state index is -0.114. The molecular formula is C10H20N2O2. The molecular weight excluding hydrogens is 180 g/mol. The second kappa shape index (κ2) is 5.32. The first-order valence-corrected chi connectivity index (χ1v) is 5.16. The van der Waals surface area contributed by atoms with Crippen LogP contribution in [0.5, 0.6) is 0 Å². The van der Waals surface area contributed by atoms with Crippen molar-refractivity contribution in [1.29, 1.82) is 0 Å². The fourth-order valence-corrected chi connectivity index (χ4v) is 1.68. The summed E-state index contributed by atoms with van der Waals surface area (Å²) in [7, 11) is 3.55. The fraction of sp³-hybridized carbons (Fsp3) is 0.900. The van der Waals surface area contributed by atoms with Gasteiger partial charge in [-0.25, -0.2) is 0 Å². The summed E-state index contributed by atoms with van der Waals surface area (Å²) in [5.74, 6) is 0.121. The van der Waals surface area contributed by atoms with Crippen molar-refractivity contribution in [2.75, 3.05) is 27.3 Å². The minimum Gasteiger partial charge on any atom is -0.380 e. The maximum absolute atomic E-state index is 11.5. The van der Waals surface area contributed by atoms with E-state index in [1.165, 1.54) is 0 Å². The number of hydrogen-bond acceptors (Lipinski definition) is 3. The van der Waals surface area contributed by atoms with Crippen molar-refractivity contribution in [3.05, 3.63) is 0 Å². The first kappa shape index (κ1) is 11.5. The highest BCUT2D eigenvalue weighted by Gasteiger charge is 2.20. The molecule has 1 amide bonds. The molecule has 1 N–H and O–H groups in total. The second-order valence-electron chi connectivity index (χ2n) is 4.04. The Morgan fingerprint density at radius 2 is 2.29 bits per heavy atom. The summed E-state index contributed by atoms with van der Waals surface area (Å²) in [6.45, 7) is 3.48. The standard InChI is InChI=1S/C10H20N2O2/c1-8(10(13)12(2)3)11-9-5-4-6-14-7-9/h8-9,11H,4-7H2,1-3H3. The molecule has 4 nitrogen and oxygen atoms in total. The lowest BCUT2D eigenvalue weighted by Gasteiger charge is -2.27. The first-order valence-electron chi connectivity index (χ1n) is 5.16. The SMILES string of the molecule is CC(NC1CCCOC1)C(=O)N(C)C. The summed E-state index contributed by atoms with van der Waals surface area (Å²) < 4.78 is 5.34. The number of carbonyl (C=O) groups excluding carboxylic acids is 1. The number of amides is 1. The normalized spacial score (nSPS) is 24.4. The van der Waals surface area contributed by atoms with E-state index in [-0.39, 0.29) is 11.9 Å². The molecule has 82 valence electrons. The molecule has 0 radical (unpaired) electrons. The smallest absolute Gasteiger partial charge is 0.238 e. The van der Waals surface area contributed by atoms with Gasteiger partial charge >= 0.3 is 0 Å². The quantitative estimate of drug-likeness (QED) is 0.709. The molecule has 1 aliphatic heterocycles. The van der Waals surface area contributed by atoms with Crippen molar-refractivity contribution >= 4 is 5.91 Å². The molecule has 0 aromatic carbocycles. The van der Waals surface area contributed by atoms with Crippen LogP contribution in [0.2, 0.25) is 0 Å². The molecule has 1 heterocycles. The first-order chi connectivity index (χ1) is 6.61. The van der Waals surface area contributed by atoms with E-state index in [9.17, 15) is 4.79 Å². The van der Waals surface area contributed by atoms with Crippen molar-refractivity contribution in [1.82, 2.24) is 10.2 Å². The van der Waals surface area contributed by atoms with Crippen LogP contribution in [0.15, 0.2) is 0 Å². The van der Waals surface area contributed by atoms with Crippen LogP contribution in [0.3, 0.4) is 0 Å². The molecule has 1 fully saturated rings.